The third-order valence-corrected chi connectivity index (χ3v) is 7.72. The van der Waals surface area contributed by atoms with Crippen molar-refractivity contribution in [3.05, 3.63) is 29.3 Å². The van der Waals surface area contributed by atoms with E-state index in [1.54, 1.807) is 7.11 Å². The summed E-state index contributed by atoms with van der Waals surface area (Å²) in [5.74, 6) is 3.75. The van der Waals surface area contributed by atoms with Gasteiger partial charge in [-0.25, -0.2) is 0 Å². The highest BCUT2D eigenvalue weighted by atomic mass is 16.5. The maximum Gasteiger partial charge on any atom is 0.222 e. The Balaban J connectivity index is 1.28. The molecule has 2 fully saturated rings. The summed E-state index contributed by atoms with van der Waals surface area (Å²) in [5, 5.41) is 0. The number of likely N-dealkylation sites (tertiary alicyclic amines) is 1. The minimum atomic E-state index is 0.386. The predicted molar refractivity (Wildman–Crippen MR) is 114 cm³/mol. The van der Waals surface area contributed by atoms with E-state index in [0.717, 1.165) is 43.5 Å². The topological polar surface area (TPSA) is 29.5 Å². The second-order valence-electron chi connectivity index (χ2n) is 9.27. The fourth-order valence-electron chi connectivity index (χ4n) is 6.09. The van der Waals surface area contributed by atoms with Gasteiger partial charge in [0, 0.05) is 19.5 Å². The smallest absolute Gasteiger partial charge is 0.222 e. The summed E-state index contributed by atoms with van der Waals surface area (Å²) in [6, 6.07) is 6.43. The Bertz CT molecular complexity index is 657. The maximum absolute atomic E-state index is 12.9. The lowest BCUT2D eigenvalue weighted by Crippen LogP contribution is -2.40. The summed E-state index contributed by atoms with van der Waals surface area (Å²) in [6.45, 7) is 1.99. The molecule has 1 aromatic carbocycles. The van der Waals surface area contributed by atoms with E-state index in [1.807, 2.05) is 0 Å². The van der Waals surface area contributed by atoms with Crippen LogP contribution in [0.1, 0.15) is 87.7 Å². The van der Waals surface area contributed by atoms with Crippen molar-refractivity contribution in [3.8, 4) is 5.75 Å². The fourth-order valence-corrected chi connectivity index (χ4v) is 6.09. The van der Waals surface area contributed by atoms with Crippen LogP contribution in [0.25, 0.3) is 0 Å². The lowest BCUT2D eigenvalue weighted by Gasteiger charge is -2.38. The number of fused-ring (bicyclic) bond motifs is 1. The van der Waals surface area contributed by atoms with Crippen molar-refractivity contribution >= 4 is 5.91 Å². The SMILES string of the molecule is COc1cccc2c1CCCC2CCC(=O)N1CCC(C2CCCCC2)CC1. The van der Waals surface area contributed by atoms with Gasteiger partial charge in [0.2, 0.25) is 5.91 Å². The van der Waals surface area contributed by atoms with Crippen LogP contribution in [0.15, 0.2) is 18.2 Å². The van der Waals surface area contributed by atoms with Crippen LogP contribution < -0.4 is 4.74 Å². The van der Waals surface area contributed by atoms with Crippen molar-refractivity contribution in [2.45, 2.75) is 83.0 Å². The Labute approximate surface area is 170 Å². The number of amides is 1. The Hall–Kier alpha value is -1.51. The van der Waals surface area contributed by atoms with Gasteiger partial charge in [0.1, 0.15) is 5.75 Å². The van der Waals surface area contributed by atoms with Crippen LogP contribution in [0, 0.1) is 11.8 Å². The van der Waals surface area contributed by atoms with Crippen LogP contribution in [0.2, 0.25) is 0 Å². The molecule has 0 bridgehead atoms. The average Bonchev–Trinajstić information content (AvgIpc) is 2.77. The van der Waals surface area contributed by atoms with Crippen LogP contribution >= 0.6 is 0 Å². The first-order chi connectivity index (χ1) is 13.8. The molecule has 3 nitrogen and oxygen atoms in total. The first-order valence-electron chi connectivity index (χ1n) is 11.7. The molecule has 1 amide bonds. The number of nitrogens with zero attached hydrogens (tertiary/aromatic N) is 1. The van der Waals surface area contributed by atoms with Crippen LogP contribution in [0.4, 0.5) is 0 Å². The van der Waals surface area contributed by atoms with E-state index in [9.17, 15) is 4.79 Å². The normalized spacial score (nSPS) is 24.0. The van der Waals surface area contributed by atoms with Crippen molar-refractivity contribution in [2.75, 3.05) is 20.2 Å². The van der Waals surface area contributed by atoms with Crippen LogP contribution in [0.3, 0.4) is 0 Å². The summed E-state index contributed by atoms with van der Waals surface area (Å²) < 4.78 is 5.57. The molecule has 0 spiro atoms. The van der Waals surface area contributed by atoms with E-state index < -0.39 is 0 Å². The van der Waals surface area contributed by atoms with Crippen LogP contribution in [0.5, 0.6) is 5.75 Å². The molecule has 1 aromatic rings. The first-order valence-corrected chi connectivity index (χ1v) is 11.7. The van der Waals surface area contributed by atoms with E-state index in [2.05, 4.69) is 23.1 Å². The highest BCUT2D eigenvalue weighted by Gasteiger charge is 2.30. The molecule has 1 heterocycles. The van der Waals surface area contributed by atoms with E-state index in [4.69, 9.17) is 4.74 Å². The van der Waals surface area contributed by atoms with Crippen molar-refractivity contribution in [3.63, 3.8) is 0 Å². The summed E-state index contributed by atoms with van der Waals surface area (Å²) in [5.41, 5.74) is 2.80. The van der Waals surface area contributed by atoms with E-state index in [1.165, 1.54) is 68.9 Å². The summed E-state index contributed by atoms with van der Waals surface area (Å²) in [6.07, 6.45) is 14.8. The number of ether oxygens (including phenoxy) is 1. The van der Waals surface area contributed by atoms with Crippen molar-refractivity contribution in [2.24, 2.45) is 11.8 Å². The molecule has 0 N–H and O–H groups in total. The largest absolute Gasteiger partial charge is 0.496 e. The molecule has 0 radical (unpaired) electrons. The molecule has 3 aliphatic rings. The standard InChI is InChI=1S/C25H37NO2/c1-28-24-12-6-10-22-21(9-5-11-23(22)24)13-14-25(27)26-17-15-20(16-18-26)19-7-3-2-4-8-19/h6,10,12,19-21H,2-5,7-9,11,13-18H2,1H3. The molecular weight excluding hydrogens is 346 g/mol. The van der Waals surface area contributed by atoms with Gasteiger partial charge < -0.3 is 9.64 Å². The van der Waals surface area contributed by atoms with Gasteiger partial charge in [-0.2, -0.15) is 0 Å². The lowest BCUT2D eigenvalue weighted by molar-refractivity contribution is -0.133. The van der Waals surface area contributed by atoms with E-state index in [0.29, 0.717) is 18.2 Å². The number of carbonyl (C=O) groups excluding carboxylic acids is 1. The monoisotopic (exact) mass is 383 g/mol. The Morgan fingerprint density at radius 2 is 1.75 bits per heavy atom. The van der Waals surface area contributed by atoms with Gasteiger partial charge in [0.05, 0.1) is 7.11 Å². The summed E-state index contributed by atoms with van der Waals surface area (Å²) in [7, 11) is 1.76. The summed E-state index contributed by atoms with van der Waals surface area (Å²) >= 11 is 0. The molecule has 4 rings (SSSR count). The Morgan fingerprint density at radius 1 is 1.00 bits per heavy atom. The number of carbonyl (C=O) groups is 1. The molecular formula is C25H37NO2. The van der Waals surface area contributed by atoms with Gasteiger partial charge in [0.15, 0.2) is 0 Å². The van der Waals surface area contributed by atoms with Crippen molar-refractivity contribution in [1.82, 2.24) is 4.90 Å². The Kier molecular flexibility index (Phi) is 6.59. The van der Waals surface area contributed by atoms with Gasteiger partial charge in [-0.15, -0.1) is 0 Å². The molecule has 0 aromatic heterocycles. The highest BCUT2D eigenvalue weighted by molar-refractivity contribution is 5.76. The number of hydrogen-bond donors (Lipinski definition) is 0. The van der Waals surface area contributed by atoms with Crippen LogP contribution in [-0.2, 0) is 11.2 Å². The molecule has 2 aliphatic carbocycles. The molecule has 28 heavy (non-hydrogen) atoms. The molecule has 1 atom stereocenters. The zero-order chi connectivity index (χ0) is 19.3. The second kappa shape index (κ2) is 9.33. The minimum absolute atomic E-state index is 0.386. The third-order valence-electron chi connectivity index (χ3n) is 7.72. The third kappa shape index (κ3) is 4.39. The van der Waals surface area contributed by atoms with Crippen molar-refractivity contribution in [1.29, 1.82) is 0 Å². The molecule has 1 saturated heterocycles. The van der Waals surface area contributed by atoms with E-state index in [-0.39, 0.29) is 0 Å². The van der Waals surface area contributed by atoms with E-state index >= 15 is 0 Å². The fraction of sp³-hybridized carbons (Fsp3) is 0.720. The Morgan fingerprint density at radius 3 is 2.50 bits per heavy atom. The number of methoxy groups -OCH3 is 1. The molecule has 1 unspecified atom stereocenters. The van der Waals surface area contributed by atoms with Crippen LogP contribution in [-0.4, -0.2) is 31.0 Å². The maximum atomic E-state index is 12.9. The van der Waals surface area contributed by atoms with Gasteiger partial charge in [0.25, 0.3) is 0 Å². The number of piperidine rings is 1. The summed E-state index contributed by atoms with van der Waals surface area (Å²) in [4.78, 5) is 15.0. The zero-order valence-electron chi connectivity index (χ0n) is 17.6. The lowest BCUT2D eigenvalue weighted by atomic mass is 9.76. The van der Waals surface area contributed by atoms with Gasteiger partial charge in [-0.3, -0.25) is 4.79 Å². The first kappa shape index (κ1) is 19.8. The zero-order valence-corrected chi connectivity index (χ0v) is 17.6. The van der Waals surface area contributed by atoms with Gasteiger partial charge in [-0.05, 0) is 73.5 Å². The average molecular weight is 384 g/mol. The predicted octanol–water partition coefficient (Wildman–Crippen LogP) is 5.71. The number of rotatable bonds is 5. The second-order valence-corrected chi connectivity index (χ2v) is 9.27. The highest BCUT2D eigenvalue weighted by Crippen LogP contribution is 2.39. The molecule has 154 valence electrons. The quantitative estimate of drug-likeness (QED) is 0.651. The minimum Gasteiger partial charge on any atom is -0.496 e. The van der Waals surface area contributed by atoms with Gasteiger partial charge in [-0.1, -0.05) is 44.2 Å². The molecule has 3 heteroatoms. The van der Waals surface area contributed by atoms with Crippen molar-refractivity contribution < 1.29 is 9.53 Å². The van der Waals surface area contributed by atoms with Gasteiger partial charge >= 0.3 is 0 Å². The number of hydrogen-bond acceptors (Lipinski definition) is 2. The number of benzene rings is 1. The molecule has 1 aliphatic heterocycles. The molecule has 1 saturated carbocycles.